The average Bonchev–Trinajstić information content (AvgIpc) is 2.59. The van der Waals surface area contributed by atoms with Gasteiger partial charge in [0.15, 0.2) is 11.6 Å². The number of aromatic nitrogens is 2. The first-order valence-corrected chi connectivity index (χ1v) is 9.59. The third kappa shape index (κ3) is 4.18. The minimum atomic E-state index is -3.69. The number of nitrogens with zero attached hydrogens (tertiary/aromatic N) is 2. The van der Waals surface area contributed by atoms with Crippen LogP contribution in [0.1, 0.15) is 16.7 Å². The van der Waals surface area contributed by atoms with E-state index in [1.54, 1.807) is 30.3 Å². The SMILES string of the molecule is Cc1cccc(S(=O)(=O)Nc2ccc(Nc3ccc(C)cc3C)nn2)c1. The molecule has 134 valence electrons. The van der Waals surface area contributed by atoms with Crippen molar-refractivity contribution in [3.05, 3.63) is 71.3 Å². The second kappa shape index (κ2) is 7.13. The first-order valence-electron chi connectivity index (χ1n) is 8.11. The Morgan fingerprint density at radius 1 is 0.808 bits per heavy atom. The molecule has 3 rings (SSSR count). The second-order valence-electron chi connectivity index (χ2n) is 6.17. The molecule has 1 heterocycles. The molecule has 0 spiro atoms. The van der Waals surface area contributed by atoms with Gasteiger partial charge >= 0.3 is 0 Å². The molecule has 26 heavy (non-hydrogen) atoms. The summed E-state index contributed by atoms with van der Waals surface area (Å²) in [4.78, 5) is 0.191. The maximum Gasteiger partial charge on any atom is 0.263 e. The highest BCUT2D eigenvalue weighted by Gasteiger charge is 2.15. The molecule has 0 aliphatic heterocycles. The summed E-state index contributed by atoms with van der Waals surface area (Å²) in [6.45, 7) is 5.88. The van der Waals surface area contributed by atoms with Crippen molar-refractivity contribution >= 4 is 27.3 Å². The van der Waals surface area contributed by atoms with E-state index in [0.717, 1.165) is 16.8 Å². The van der Waals surface area contributed by atoms with E-state index >= 15 is 0 Å². The van der Waals surface area contributed by atoms with Crippen molar-refractivity contribution in [3.63, 3.8) is 0 Å². The summed E-state index contributed by atoms with van der Waals surface area (Å²) in [7, 11) is -3.69. The standard InChI is InChI=1S/C19H20N4O2S/c1-13-5-4-6-16(12-13)26(24,25)23-19-10-9-18(21-22-19)20-17-8-7-14(2)11-15(17)3/h4-12H,1-3H3,(H,20,21)(H,22,23). The highest BCUT2D eigenvalue weighted by Crippen LogP contribution is 2.21. The number of benzene rings is 2. The molecule has 2 aromatic carbocycles. The van der Waals surface area contributed by atoms with E-state index in [9.17, 15) is 8.42 Å². The molecule has 2 N–H and O–H groups in total. The third-order valence-electron chi connectivity index (χ3n) is 3.85. The predicted octanol–water partition coefficient (Wildman–Crippen LogP) is 3.95. The molecule has 0 bridgehead atoms. The predicted molar refractivity (Wildman–Crippen MR) is 103 cm³/mol. The van der Waals surface area contributed by atoms with Crippen LogP contribution in [0.2, 0.25) is 0 Å². The molecule has 1 aromatic heterocycles. The zero-order chi connectivity index (χ0) is 18.7. The van der Waals surface area contributed by atoms with Crippen LogP contribution in [0.3, 0.4) is 0 Å². The summed E-state index contributed by atoms with van der Waals surface area (Å²) < 4.78 is 27.3. The van der Waals surface area contributed by atoms with E-state index in [-0.39, 0.29) is 10.7 Å². The summed E-state index contributed by atoms with van der Waals surface area (Å²) in [5.41, 5.74) is 4.07. The van der Waals surface area contributed by atoms with Crippen molar-refractivity contribution in [1.29, 1.82) is 0 Å². The Bertz CT molecular complexity index is 1030. The number of sulfonamides is 1. The van der Waals surface area contributed by atoms with Gasteiger partial charge in [0.1, 0.15) is 0 Å². The molecule has 0 amide bonds. The summed E-state index contributed by atoms with van der Waals surface area (Å²) >= 11 is 0. The van der Waals surface area contributed by atoms with Crippen molar-refractivity contribution in [2.24, 2.45) is 0 Å². The van der Waals surface area contributed by atoms with Crippen molar-refractivity contribution in [1.82, 2.24) is 10.2 Å². The Labute approximate surface area is 153 Å². The Morgan fingerprint density at radius 2 is 1.50 bits per heavy atom. The fraction of sp³-hybridized carbons (Fsp3) is 0.158. The van der Waals surface area contributed by atoms with Gasteiger partial charge in [-0.25, -0.2) is 8.42 Å². The van der Waals surface area contributed by atoms with Crippen LogP contribution in [0.25, 0.3) is 0 Å². The number of hydrogen-bond acceptors (Lipinski definition) is 5. The fourth-order valence-electron chi connectivity index (χ4n) is 2.52. The normalized spacial score (nSPS) is 11.2. The lowest BCUT2D eigenvalue weighted by Gasteiger charge is -2.10. The third-order valence-corrected chi connectivity index (χ3v) is 5.20. The monoisotopic (exact) mass is 368 g/mol. The van der Waals surface area contributed by atoms with Crippen molar-refractivity contribution in [2.75, 3.05) is 10.0 Å². The molecule has 0 radical (unpaired) electrons. The molecule has 0 aliphatic carbocycles. The van der Waals surface area contributed by atoms with Crippen molar-refractivity contribution in [3.8, 4) is 0 Å². The van der Waals surface area contributed by atoms with Crippen LogP contribution in [0.15, 0.2) is 59.5 Å². The Balaban J connectivity index is 1.75. The van der Waals surface area contributed by atoms with Gasteiger partial charge in [0.2, 0.25) is 0 Å². The number of nitrogens with one attached hydrogen (secondary N) is 2. The van der Waals surface area contributed by atoms with Crippen LogP contribution in [0, 0.1) is 20.8 Å². The molecule has 0 unspecified atom stereocenters. The van der Waals surface area contributed by atoms with Crippen LogP contribution in [0.5, 0.6) is 0 Å². The second-order valence-corrected chi connectivity index (χ2v) is 7.85. The smallest absolute Gasteiger partial charge is 0.263 e. The van der Waals surface area contributed by atoms with Gasteiger partial charge in [-0.2, -0.15) is 0 Å². The van der Waals surface area contributed by atoms with Crippen LogP contribution in [0.4, 0.5) is 17.3 Å². The van der Waals surface area contributed by atoms with Crippen molar-refractivity contribution in [2.45, 2.75) is 25.7 Å². The zero-order valence-corrected chi connectivity index (χ0v) is 15.6. The molecular weight excluding hydrogens is 348 g/mol. The van der Waals surface area contributed by atoms with Gasteiger partial charge in [-0.1, -0.05) is 29.8 Å². The molecule has 3 aromatic rings. The van der Waals surface area contributed by atoms with Gasteiger partial charge in [0.25, 0.3) is 10.0 Å². The first-order chi connectivity index (χ1) is 12.3. The first kappa shape index (κ1) is 17.9. The summed E-state index contributed by atoms with van der Waals surface area (Å²) in [5.74, 6) is 0.702. The average molecular weight is 368 g/mol. The number of anilines is 3. The van der Waals surface area contributed by atoms with E-state index < -0.39 is 10.0 Å². The molecule has 0 atom stereocenters. The van der Waals surface area contributed by atoms with Crippen LogP contribution in [-0.2, 0) is 10.0 Å². The maximum absolute atomic E-state index is 12.4. The summed E-state index contributed by atoms with van der Waals surface area (Å²) in [6.07, 6.45) is 0. The highest BCUT2D eigenvalue weighted by atomic mass is 32.2. The Morgan fingerprint density at radius 3 is 2.15 bits per heavy atom. The van der Waals surface area contributed by atoms with E-state index in [1.165, 1.54) is 5.56 Å². The Hall–Kier alpha value is -2.93. The highest BCUT2D eigenvalue weighted by molar-refractivity contribution is 7.92. The van der Waals surface area contributed by atoms with Crippen LogP contribution >= 0.6 is 0 Å². The molecule has 7 heteroatoms. The molecule has 0 saturated carbocycles. The van der Waals surface area contributed by atoms with E-state index in [0.29, 0.717) is 5.82 Å². The van der Waals surface area contributed by atoms with Crippen molar-refractivity contribution < 1.29 is 8.42 Å². The molecular formula is C19H20N4O2S. The lowest BCUT2D eigenvalue weighted by Crippen LogP contribution is -2.14. The van der Waals surface area contributed by atoms with Crippen LogP contribution < -0.4 is 10.0 Å². The summed E-state index contributed by atoms with van der Waals surface area (Å²) in [6, 6.07) is 16.0. The number of aryl methyl sites for hydroxylation is 3. The fourth-order valence-corrected chi connectivity index (χ4v) is 3.63. The Kier molecular flexibility index (Phi) is 4.90. The lowest BCUT2D eigenvalue weighted by molar-refractivity contribution is 0.601. The summed E-state index contributed by atoms with van der Waals surface area (Å²) in [5, 5.41) is 11.2. The topological polar surface area (TPSA) is 84.0 Å². The van der Waals surface area contributed by atoms with Gasteiger partial charge < -0.3 is 5.32 Å². The molecule has 0 aliphatic rings. The molecule has 6 nitrogen and oxygen atoms in total. The van der Waals surface area contributed by atoms with E-state index in [2.05, 4.69) is 26.3 Å². The lowest BCUT2D eigenvalue weighted by atomic mass is 10.1. The number of rotatable bonds is 5. The van der Waals surface area contributed by atoms with Gasteiger partial charge in [-0.15, -0.1) is 10.2 Å². The van der Waals surface area contributed by atoms with Gasteiger partial charge in [0, 0.05) is 5.69 Å². The minimum Gasteiger partial charge on any atom is -0.339 e. The zero-order valence-electron chi connectivity index (χ0n) is 14.8. The van der Waals surface area contributed by atoms with Gasteiger partial charge in [0.05, 0.1) is 4.90 Å². The minimum absolute atomic E-state index is 0.165. The van der Waals surface area contributed by atoms with Gasteiger partial charge in [-0.05, 0) is 62.2 Å². The quantitative estimate of drug-likeness (QED) is 0.712. The van der Waals surface area contributed by atoms with Gasteiger partial charge in [-0.3, -0.25) is 4.72 Å². The molecule has 0 fully saturated rings. The largest absolute Gasteiger partial charge is 0.339 e. The number of hydrogen-bond donors (Lipinski definition) is 2. The maximum atomic E-state index is 12.4. The van der Waals surface area contributed by atoms with E-state index in [1.807, 2.05) is 39.0 Å². The van der Waals surface area contributed by atoms with E-state index in [4.69, 9.17) is 0 Å². The molecule has 0 saturated heterocycles. The van der Waals surface area contributed by atoms with Crippen LogP contribution in [-0.4, -0.2) is 18.6 Å².